The summed E-state index contributed by atoms with van der Waals surface area (Å²) in [5.41, 5.74) is 9.55. The zero-order valence-electron chi connectivity index (χ0n) is 11.1. The minimum Gasteiger partial charge on any atom is -0.496 e. The number of nitrogen functional groups attached to an aromatic ring is 1. The van der Waals surface area contributed by atoms with Crippen molar-refractivity contribution in [1.29, 1.82) is 0 Å². The Morgan fingerprint density at radius 1 is 1.10 bits per heavy atom. The number of benzene rings is 2. The summed E-state index contributed by atoms with van der Waals surface area (Å²) in [6.07, 6.45) is 0.536. The first-order chi connectivity index (χ1) is 9.70. The fraction of sp³-hybridized carbons (Fsp3) is 0.125. The molecule has 1 amide bonds. The molecule has 2 aromatic rings. The van der Waals surface area contributed by atoms with Crippen molar-refractivity contribution >= 4 is 17.3 Å². The highest BCUT2D eigenvalue weighted by atomic mass is 16.5. The SMILES string of the molecule is COc1ccccc1C1=NC(=O)c2cccc(N)c2C1. The molecule has 0 unspecified atom stereocenters. The number of anilines is 1. The Balaban J connectivity index is 2.10. The zero-order chi connectivity index (χ0) is 14.1. The van der Waals surface area contributed by atoms with Gasteiger partial charge in [0.1, 0.15) is 5.75 Å². The number of fused-ring (bicyclic) bond motifs is 1. The predicted molar refractivity (Wildman–Crippen MR) is 78.4 cm³/mol. The molecule has 2 N–H and O–H groups in total. The van der Waals surface area contributed by atoms with Gasteiger partial charge in [-0.1, -0.05) is 18.2 Å². The first-order valence-corrected chi connectivity index (χ1v) is 6.33. The van der Waals surface area contributed by atoms with Crippen LogP contribution >= 0.6 is 0 Å². The third-order valence-electron chi connectivity index (χ3n) is 3.44. The molecule has 0 bridgehead atoms. The number of hydrogen-bond donors (Lipinski definition) is 1. The largest absolute Gasteiger partial charge is 0.496 e. The summed E-state index contributed by atoms with van der Waals surface area (Å²) >= 11 is 0. The van der Waals surface area contributed by atoms with E-state index >= 15 is 0 Å². The molecule has 1 heterocycles. The van der Waals surface area contributed by atoms with Crippen LogP contribution in [0.4, 0.5) is 5.69 Å². The summed E-state index contributed by atoms with van der Waals surface area (Å²) in [6, 6.07) is 12.9. The second-order valence-corrected chi connectivity index (χ2v) is 4.61. The summed E-state index contributed by atoms with van der Waals surface area (Å²) in [7, 11) is 1.60. The lowest BCUT2D eigenvalue weighted by Gasteiger charge is -2.18. The average Bonchev–Trinajstić information content (AvgIpc) is 2.48. The smallest absolute Gasteiger partial charge is 0.277 e. The van der Waals surface area contributed by atoms with E-state index in [0.717, 1.165) is 11.1 Å². The van der Waals surface area contributed by atoms with E-state index in [0.29, 0.717) is 29.1 Å². The van der Waals surface area contributed by atoms with E-state index in [4.69, 9.17) is 10.5 Å². The van der Waals surface area contributed by atoms with Crippen LogP contribution < -0.4 is 10.5 Å². The van der Waals surface area contributed by atoms with Gasteiger partial charge in [0.15, 0.2) is 0 Å². The molecular formula is C16H14N2O2. The van der Waals surface area contributed by atoms with Crippen molar-refractivity contribution in [3.8, 4) is 5.75 Å². The molecule has 0 radical (unpaired) electrons. The Morgan fingerprint density at radius 3 is 2.65 bits per heavy atom. The number of nitrogens with two attached hydrogens (primary N) is 1. The third-order valence-corrected chi connectivity index (χ3v) is 3.44. The molecule has 0 aromatic heterocycles. The maximum atomic E-state index is 12.1. The number of carbonyl (C=O) groups is 1. The fourth-order valence-electron chi connectivity index (χ4n) is 2.43. The van der Waals surface area contributed by atoms with Crippen molar-refractivity contribution in [2.45, 2.75) is 6.42 Å². The summed E-state index contributed by atoms with van der Waals surface area (Å²) in [6.45, 7) is 0. The highest BCUT2D eigenvalue weighted by molar-refractivity contribution is 6.16. The number of hydrogen-bond acceptors (Lipinski definition) is 3. The Hall–Kier alpha value is -2.62. The molecule has 0 saturated heterocycles. The van der Waals surface area contributed by atoms with E-state index in [1.807, 2.05) is 24.3 Å². The van der Waals surface area contributed by atoms with Crippen molar-refractivity contribution in [2.24, 2.45) is 4.99 Å². The first-order valence-electron chi connectivity index (χ1n) is 6.33. The van der Waals surface area contributed by atoms with Crippen LogP contribution in [0.1, 0.15) is 21.5 Å². The number of methoxy groups -OCH3 is 1. The predicted octanol–water partition coefficient (Wildman–Crippen LogP) is 2.46. The van der Waals surface area contributed by atoms with Crippen molar-refractivity contribution in [3.05, 3.63) is 59.2 Å². The zero-order valence-corrected chi connectivity index (χ0v) is 11.1. The summed E-state index contributed by atoms with van der Waals surface area (Å²) < 4.78 is 5.33. The van der Waals surface area contributed by atoms with Gasteiger partial charge in [0.2, 0.25) is 0 Å². The Labute approximate surface area is 116 Å². The van der Waals surface area contributed by atoms with Gasteiger partial charge in [0, 0.05) is 23.2 Å². The van der Waals surface area contributed by atoms with Crippen LogP contribution in [0.2, 0.25) is 0 Å². The number of amides is 1. The summed E-state index contributed by atoms with van der Waals surface area (Å²) in [5, 5.41) is 0. The van der Waals surface area contributed by atoms with Crippen LogP contribution in [-0.4, -0.2) is 18.7 Å². The van der Waals surface area contributed by atoms with E-state index in [-0.39, 0.29) is 5.91 Å². The van der Waals surface area contributed by atoms with Gasteiger partial charge < -0.3 is 10.5 Å². The van der Waals surface area contributed by atoms with Crippen LogP contribution in [0.5, 0.6) is 5.75 Å². The van der Waals surface area contributed by atoms with Crippen LogP contribution in [-0.2, 0) is 6.42 Å². The van der Waals surface area contributed by atoms with Gasteiger partial charge in [-0.2, -0.15) is 0 Å². The molecule has 20 heavy (non-hydrogen) atoms. The van der Waals surface area contributed by atoms with E-state index < -0.39 is 0 Å². The lowest BCUT2D eigenvalue weighted by atomic mass is 9.93. The van der Waals surface area contributed by atoms with E-state index in [1.165, 1.54) is 0 Å². The fourth-order valence-corrected chi connectivity index (χ4v) is 2.43. The lowest BCUT2D eigenvalue weighted by molar-refractivity contribution is 0.100. The highest BCUT2D eigenvalue weighted by Crippen LogP contribution is 2.27. The lowest BCUT2D eigenvalue weighted by Crippen LogP contribution is -2.19. The Bertz CT molecular complexity index is 720. The van der Waals surface area contributed by atoms with E-state index in [1.54, 1.807) is 25.3 Å². The number of para-hydroxylation sites is 1. The summed E-state index contributed by atoms with van der Waals surface area (Å²) in [5.74, 6) is 0.455. The molecule has 0 fully saturated rings. The van der Waals surface area contributed by atoms with Gasteiger partial charge >= 0.3 is 0 Å². The number of nitrogens with zero attached hydrogens (tertiary/aromatic N) is 1. The highest BCUT2D eigenvalue weighted by Gasteiger charge is 2.23. The van der Waals surface area contributed by atoms with Crippen molar-refractivity contribution < 1.29 is 9.53 Å². The van der Waals surface area contributed by atoms with Gasteiger partial charge in [-0.3, -0.25) is 4.79 Å². The van der Waals surface area contributed by atoms with E-state index in [9.17, 15) is 4.79 Å². The maximum Gasteiger partial charge on any atom is 0.277 e. The van der Waals surface area contributed by atoms with Crippen molar-refractivity contribution in [3.63, 3.8) is 0 Å². The molecular weight excluding hydrogens is 252 g/mol. The van der Waals surface area contributed by atoms with Crippen LogP contribution in [0.3, 0.4) is 0 Å². The number of carbonyl (C=O) groups excluding carboxylic acids is 1. The van der Waals surface area contributed by atoms with E-state index in [2.05, 4.69) is 4.99 Å². The molecule has 0 aliphatic carbocycles. The molecule has 0 atom stereocenters. The molecule has 2 aromatic carbocycles. The van der Waals surface area contributed by atoms with Crippen molar-refractivity contribution in [1.82, 2.24) is 0 Å². The Morgan fingerprint density at radius 2 is 1.85 bits per heavy atom. The second-order valence-electron chi connectivity index (χ2n) is 4.61. The normalized spacial score (nSPS) is 13.7. The minimum absolute atomic E-state index is 0.251. The van der Waals surface area contributed by atoms with Crippen LogP contribution in [0.25, 0.3) is 0 Å². The average molecular weight is 266 g/mol. The van der Waals surface area contributed by atoms with Gasteiger partial charge in [0.25, 0.3) is 5.91 Å². The van der Waals surface area contributed by atoms with Gasteiger partial charge in [-0.15, -0.1) is 0 Å². The topological polar surface area (TPSA) is 64.7 Å². The van der Waals surface area contributed by atoms with Crippen LogP contribution in [0, 0.1) is 0 Å². The number of ether oxygens (including phenoxy) is 1. The molecule has 1 aliphatic rings. The molecule has 4 nitrogen and oxygen atoms in total. The molecule has 1 aliphatic heterocycles. The second kappa shape index (κ2) is 4.81. The van der Waals surface area contributed by atoms with Gasteiger partial charge in [0.05, 0.1) is 12.8 Å². The third kappa shape index (κ3) is 1.95. The maximum absolute atomic E-state index is 12.1. The quantitative estimate of drug-likeness (QED) is 0.849. The minimum atomic E-state index is -0.251. The molecule has 4 heteroatoms. The molecule has 0 saturated carbocycles. The van der Waals surface area contributed by atoms with Gasteiger partial charge in [-0.05, 0) is 29.8 Å². The first kappa shape index (κ1) is 12.4. The number of rotatable bonds is 2. The monoisotopic (exact) mass is 266 g/mol. The summed E-state index contributed by atoms with van der Waals surface area (Å²) in [4.78, 5) is 16.3. The molecule has 0 spiro atoms. The van der Waals surface area contributed by atoms with Crippen molar-refractivity contribution in [2.75, 3.05) is 12.8 Å². The van der Waals surface area contributed by atoms with Gasteiger partial charge in [-0.25, -0.2) is 4.99 Å². The van der Waals surface area contributed by atoms with Crippen LogP contribution in [0.15, 0.2) is 47.5 Å². The number of aliphatic imine (C=N–C) groups is 1. The standard InChI is InChI=1S/C16H14N2O2/c1-20-15-8-3-2-5-11(15)14-9-12-10(16(19)18-14)6-4-7-13(12)17/h2-8H,9,17H2,1H3. The molecule has 3 rings (SSSR count). The molecule has 100 valence electrons. The Kier molecular flexibility index (Phi) is 2.99.